The number of sulfonamides is 1. The minimum absolute atomic E-state index is 0.0655. The van der Waals surface area contributed by atoms with Gasteiger partial charge in [0.1, 0.15) is 0 Å². The van der Waals surface area contributed by atoms with Crippen molar-refractivity contribution in [3.05, 3.63) is 29.8 Å². The van der Waals surface area contributed by atoms with Gasteiger partial charge in [-0.15, -0.1) is 0 Å². The van der Waals surface area contributed by atoms with Crippen molar-refractivity contribution in [3.63, 3.8) is 0 Å². The van der Waals surface area contributed by atoms with Gasteiger partial charge in [-0.1, -0.05) is 6.92 Å². The molecule has 0 spiro atoms. The first-order chi connectivity index (χ1) is 9.92. The number of carbonyl (C=O) groups is 1. The van der Waals surface area contributed by atoms with E-state index in [2.05, 4.69) is 10.0 Å². The van der Waals surface area contributed by atoms with Crippen LogP contribution in [0.4, 0.5) is 0 Å². The summed E-state index contributed by atoms with van der Waals surface area (Å²) >= 11 is 0. The molecular weight excluding hydrogens is 290 g/mol. The third-order valence-corrected chi connectivity index (χ3v) is 4.88. The highest BCUT2D eigenvalue weighted by atomic mass is 32.2. The lowest BCUT2D eigenvalue weighted by atomic mass is 10.1. The summed E-state index contributed by atoms with van der Waals surface area (Å²) in [7, 11) is -3.47. The highest BCUT2D eigenvalue weighted by molar-refractivity contribution is 7.89. The molecule has 0 aliphatic heterocycles. The molecule has 0 radical (unpaired) electrons. The van der Waals surface area contributed by atoms with Crippen molar-refractivity contribution in [2.45, 2.75) is 30.7 Å². The monoisotopic (exact) mass is 311 g/mol. The molecule has 1 aromatic carbocycles. The van der Waals surface area contributed by atoms with Crippen LogP contribution in [0.15, 0.2) is 29.2 Å². The van der Waals surface area contributed by atoms with Crippen LogP contribution in [0.1, 0.15) is 30.1 Å². The summed E-state index contributed by atoms with van der Waals surface area (Å²) in [5, 5.41) is 2.77. The molecule has 1 aliphatic rings. The fourth-order valence-corrected chi connectivity index (χ4v) is 3.03. The van der Waals surface area contributed by atoms with Crippen molar-refractivity contribution in [1.82, 2.24) is 10.0 Å². The standard InChI is InChI=1S/C14H21N3O3S/c1-10(8-15)9-16-14(18)11-2-6-13(7-3-11)21(19,20)17-12-4-5-12/h2-3,6-7,10,12,17H,4-5,8-9,15H2,1H3,(H,16,18). The average molecular weight is 311 g/mol. The number of hydrogen-bond acceptors (Lipinski definition) is 4. The molecule has 1 fully saturated rings. The molecule has 6 nitrogen and oxygen atoms in total. The molecule has 1 unspecified atom stereocenters. The zero-order valence-corrected chi connectivity index (χ0v) is 12.8. The Balaban J connectivity index is 1.99. The SMILES string of the molecule is CC(CN)CNC(=O)c1ccc(S(=O)(=O)NC2CC2)cc1. The molecule has 7 heteroatoms. The summed E-state index contributed by atoms with van der Waals surface area (Å²) in [5.74, 6) is -0.0225. The second-order valence-corrected chi connectivity index (χ2v) is 7.18. The molecule has 116 valence electrons. The Bertz CT molecular complexity index is 594. The zero-order valence-electron chi connectivity index (χ0n) is 12.0. The second kappa shape index (κ2) is 6.55. The highest BCUT2D eigenvalue weighted by Gasteiger charge is 2.27. The van der Waals surface area contributed by atoms with Gasteiger partial charge in [0.2, 0.25) is 10.0 Å². The Morgan fingerprint density at radius 3 is 2.48 bits per heavy atom. The van der Waals surface area contributed by atoms with Gasteiger partial charge >= 0.3 is 0 Å². The number of carbonyl (C=O) groups excluding carboxylic acids is 1. The van der Waals surface area contributed by atoms with Gasteiger partial charge in [0, 0.05) is 18.2 Å². The minimum atomic E-state index is -3.47. The van der Waals surface area contributed by atoms with Crippen molar-refractivity contribution in [2.75, 3.05) is 13.1 Å². The van der Waals surface area contributed by atoms with E-state index < -0.39 is 10.0 Å². The number of rotatable bonds is 7. The Kier molecular flexibility index (Phi) is 4.97. The fraction of sp³-hybridized carbons (Fsp3) is 0.500. The van der Waals surface area contributed by atoms with Crippen LogP contribution in [0.25, 0.3) is 0 Å². The van der Waals surface area contributed by atoms with Crippen molar-refractivity contribution in [1.29, 1.82) is 0 Å². The summed E-state index contributed by atoms with van der Waals surface area (Å²) in [4.78, 5) is 12.1. The van der Waals surface area contributed by atoms with Gasteiger partial charge in [-0.3, -0.25) is 4.79 Å². The maximum absolute atomic E-state index is 12.0. The molecule has 1 aliphatic carbocycles. The van der Waals surface area contributed by atoms with Crippen LogP contribution in [0.3, 0.4) is 0 Å². The second-order valence-electron chi connectivity index (χ2n) is 5.47. The van der Waals surface area contributed by atoms with Gasteiger partial charge in [-0.2, -0.15) is 0 Å². The molecule has 1 aromatic rings. The summed E-state index contributed by atoms with van der Waals surface area (Å²) < 4.78 is 26.6. The predicted molar refractivity (Wildman–Crippen MR) is 80.3 cm³/mol. The van der Waals surface area contributed by atoms with Crippen molar-refractivity contribution >= 4 is 15.9 Å². The van der Waals surface area contributed by atoms with Crippen molar-refractivity contribution < 1.29 is 13.2 Å². The van der Waals surface area contributed by atoms with Crippen LogP contribution in [-0.2, 0) is 10.0 Å². The van der Waals surface area contributed by atoms with Gasteiger partial charge < -0.3 is 11.1 Å². The maximum atomic E-state index is 12.0. The molecule has 0 saturated heterocycles. The number of benzene rings is 1. The van der Waals surface area contributed by atoms with E-state index in [1.165, 1.54) is 24.3 Å². The third-order valence-electron chi connectivity index (χ3n) is 3.34. The van der Waals surface area contributed by atoms with Crippen molar-refractivity contribution in [3.8, 4) is 0 Å². The highest BCUT2D eigenvalue weighted by Crippen LogP contribution is 2.22. The topological polar surface area (TPSA) is 101 Å². The minimum Gasteiger partial charge on any atom is -0.352 e. The van der Waals surface area contributed by atoms with E-state index in [-0.39, 0.29) is 22.8 Å². The lowest BCUT2D eigenvalue weighted by molar-refractivity contribution is 0.0948. The van der Waals surface area contributed by atoms with E-state index in [1.54, 1.807) is 0 Å². The lowest BCUT2D eigenvalue weighted by Gasteiger charge is -2.10. The van der Waals surface area contributed by atoms with Crippen LogP contribution < -0.4 is 15.8 Å². The molecular formula is C14H21N3O3S. The molecule has 4 N–H and O–H groups in total. The normalized spacial score (nSPS) is 16.5. The molecule has 1 atom stereocenters. The van der Waals surface area contributed by atoms with E-state index in [4.69, 9.17) is 5.73 Å². The van der Waals surface area contributed by atoms with Gasteiger partial charge in [0.25, 0.3) is 5.91 Å². The van der Waals surface area contributed by atoms with E-state index >= 15 is 0 Å². The van der Waals surface area contributed by atoms with Crippen LogP contribution in [0.5, 0.6) is 0 Å². The molecule has 0 aromatic heterocycles. The first kappa shape index (κ1) is 15.9. The average Bonchev–Trinajstić information content (AvgIpc) is 3.27. The quantitative estimate of drug-likeness (QED) is 0.680. The third kappa shape index (κ3) is 4.52. The van der Waals surface area contributed by atoms with Crippen LogP contribution in [0.2, 0.25) is 0 Å². The molecule has 1 saturated carbocycles. The first-order valence-electron chi connectivity index (χ1n) is 7.03. The Morgan fingerprint density at radius 2 is 1.95 bits per heavy atom. The number of nitrogens with two attached hydrogens (primary N) is 1. The van der Waals surface area contributed by atoms with Crippen molar-refractivity contribution in [2.24, 2.45) is 11.7 Å². The molecule has 0 bridgehead atoms. The maximum Gasteiger partial charge on any atom is 0.251 e. The largest absolute Gasteiger partial charge is 0.352 e. The molecule has 0 heterocycles. The predicted octanol–water partition coefficient (Wildman–Crippen LogP) is 0.452. The lowest BCUT2D eigenvalue weighted by Crippen LogP contribution is -2.31. The number of amides is 1. The van der Waals surface area contributed by atoms with E-state index in [0.29, 0.717) is 18.7 Å². The smallest absolute Gasteiger partial charge is 0.251 e. The fourth-order valence-electron chi connectivity index (χ4n) is 1.73. The summed E-state index contributed by atoms with van der Waals surface area (Å²) in [6.07, 6.45) is 1.78. The van der Waals surface area contributed by atoms with E-state index in [0.717, 1.165) is 12.8 Å². The molecule has 2 rings (SSSR count). The van der Waals surface area contributed by atoms with Crippen LogP contribution >= 0.6 is 0 Å². The zero-order chi connectivity index (χ0) is 15.5. The van der Waals surface area contributed by atoms with Gasteiger partial charge in [0.15, 0.2) is 0 Å². The van der Waals surface area contributed by atoms with E-state index in [9.17, 15) is 13.2 Å². The molecule has 21 heavy (non-hydrogen) atoms. The Morgan fingerprint density at radius 1 is 1.33 bits per heavy atom. The summed E-state index contributed by atoms with van der Waals surface area (Å²) in [6.45, 7) is 2.95. The van der Waals surface area contributed by atoms with Crippen LogP contribution in [0, 0.1) is 5.92 Å². The first-order valence-corrected chi connectivity index (χ1v) is 8.51. The number of hydrogen-bond donors (Lipinski definition) is 3. The Labute approximate surface area is 125 Å². The molecule has 1 amide bonds. The Hall–Kier alpha value is -1.44. The van der Waals surface area contributed by atoms with Crippen LogP contribution in [-0.4, -0.2) is 33.5 Å². The number of nitrogens with one attached hydrogen (secondary N) is 2. The summed E-state index contributed by atoms with van der Waals surface area (Å²) in [6, 6.07) is 6.00. The van der Waals surface area contributed by atoms with Gasteiger partial charge in [0.05, 0.1) is 4.90 Å². The van der Waals surface area contributed by atoms with Gasteiger partial charge in [-0.25, -0.2) is 13.1 Å². The van der Waals surface area contributed by atoms with E-state index in [1.807, 2.05) is 6.92 Å². The summed E-state index contributed by atoms with van der Waals surface area (Å²) in [5.41, 5.74) is 5.92. The van der Waals surface area contributed by atoms with Gasteiger partial charge in [-0.05, 0) is 49.6 Å².